The molecule has 1 aliphatic rings. The Morgan fingerprint density at radius 1 is 1.29 bits per heavy atom. The Bertz CT molecular complexity index is 504. The van der Waals surface area contributed by atoms with E-state index in [1.54, 1.807) is 7.11 Å². The van der Waals surface area contributed by atoms with Gasteiger partial charge in [0.2, 0.25) is 0 Å². The van der Waals surface area contributed by atoms with Crippen LogP contribution in [-0.2, 0) is 11.3 Å². The molecule has 1 aromatic carbocycles. The number of methoxy groups -OCH3 is 1. The number of thiocarbonyl (C=S) groups is 1. The highest BCUT2D eigenvalue weighted by Gasteiger charge is 2.24. The average Bonchev–Trinajstić information content (AvgIpc) is 2.48. The molecule has 0 saturated heterocycles. The van der Waals surface area contributed by atoms with Crippen LogP contribution < -0.4 is 10.5 Å². The molecule has 3 unspecified atom stereocenters. The first-order chi connectivity index (χ1) is 10.0. The molecule has 21 heavy (non-hydrogen) atoms. The highest BCUT2D eigenvalue weighted by molar-refractivity contribution is 7.80. The lowest BCUT2D eigenvalue weighted by Gasteiger charge is -2.32. The largest absolute Gasteiger partial charge is 0.496 e. The Hall–Kier alpha value is -1.13. The van der Waals surface area contributed by atoms with Gasteiger partial charge in [0.1, 0.15) is 10.7 Å². The van der Waals surface area contributed by atoms with Crippen LogP contribution in [0.15, 0.2) is 18.2 Å². The van der Waals surface area contributed by atoms with E-state index in [4.69, 9.17) is 27.4 Å². The van der Waals surface area contributed by atoms with Crippen molar-refractivity contribution < 1.29 is 9.47 Å². The second-order valence-electron chi connectivity index (χ2n) is 6.10. The Kier molecular flexibility index (Phi) is 5.59. The highest BCUT2D eigenvalue weighted by atomic mass is 32.1. The zero-order chi connectivity index (χ0) is 15.4. The summed E-state index contributed by atoms with van der Waals surface area (Å²) in [5.41, 5.74) is 7.55. The van der Waals surface area contributed by atoms with Crippen molar-refractivity contribution in [3.8, 4) is 5.75 Å². The van der Waals surface area contributed by atoms with Gasteiger partial charge in [-0.25, -0.2) is 0 Å². The van der Waals surface area contributed by atoms with Crippen molar-refractivity contribution in [3.63, 3.8) is 0 Å². The summed E-state index contributed by atoms with van der Waals surface area (Å²) in [7, 11) is 1.63. The fourth-order valence-electron chi connectivity index (χ4n) is 2.89. The van der Waals surface area contributed by atoms with Gasteiger partial charge in [0.15, 0.2) is 0 Å². The standard InChI is InChI=1S/C17H25NO2S/c1-11-4-6-14(8-12(11)2)20-10-13-5-7-15(17(18)21)16(9-13)19-3/h5,7,9,11-12,14H,4,6,8,10H2,1-3H3,(H2,18,21). The Morgan fingerprint density at radius 2 is 2.05 bits per heavy atom. The molecule has 0 amide bonds. The van der Waals surface area contributed by atoms with Crippen LogP contribution in [0.1, 0.15) is 44.2 Å². The molecule has 0 spiro atoms. The molecule has 4 heteroatoms. The van der Waals surface area contributed by atoms with Gasteiger partial charge < -0.3 is 15.2 Å². The predicted molar refractivity (Wildman–Crippen MR) is 89.6 cm³/mol. The van der Waals surface area contributed by atoms with E-state index < -0.39 is 0 Å². The highest BCUT2D eigenvalue weighted by Crippen LogP contribution is 2.31. The predicted octanol–water partition coefficient (Wildman–Crippen LogP) is 3.67. The third-order valence-electron chi connectivity index (χ3n) is 4.57. The number of hydrogen-bond acceptors (Lipinski definition) is 3. The normalized spacial score (nSPS) is 25.6. The number of nitrogens with two attached hydrogens (primary N) is 1. The third kappa shape index (κ3) is 4.17. The molecule has 1 saturated carbocycles. The minimum Gasteiger partial charge on any atom is -0.496 e. The lowest BCUT2D eigenvalue weighted by atomic mass is 9.80. The van der Waals surface area contributed by atoms with Gasteiger partial charge in [0.25, 0.3) is 0 Å². The van der Waals surface area contributed by atoms with Crippen LogP contribution in [0.5, 0.6) is 5.75 Å². The SMILES string of the molecule is COc1cc(COC2CCC(C)C(C)C2)ccc1C(N)=S. The van der Waals surface area contributed by atoms with E-state index in [2.05, 4.69) is 13.8 Å². The zero-order valence-corrected chi connectivity index (χ0v) is 13.9. The molecule has 2 N–H and O–H groups in total. The summed E-state index contributed by atoms with van der Waals surface area (Å²) in [4.78, 5) is 0.356. The lowest BCUT2D eigenvalue weighted by molar-refractivity contribution is -0.00750. The van der Waals surface area contributed by atoms with Crippen molar-refractivity contribution in [2.75, 3.05) is 7.11 Å². The quantitative estimate of drug-likeness (QED) is 0.843. The summed E-state index contributed by atoms with van der Waals surface area (Å²) in [5, 5.41) is 0. The summed E-state index contributed by atoms with van der Waals surface area (Å²) >= 11 is 5.02. The lowest BCUT2D eigenvalue weighted by Crippen LogP contribution is -2.26. The van der Waals surface area contributed by atoms with Gasteiger partial charge in [-0.3, -0.25) is 0 Å². The van der Waals surface area contributed by atoms with Gasteiger partial charge in [-0.2, -0.15) is 0 Å². The Balaban J connectivity index is 1.96. The van der Waals surface area contributed by atoms with Crippen molar-refractivity contribution in [2.45, 2.75) is 45.8 Å². The van der Waals surface area contributed by atoms with Gasteiger partial charge in [0, 0.05) is 0 Å². The average molecular weight is 307 g/mol. The van der Waals surface area contributed by atoms with E-state index in [-0.39, 0.29) is 0 Å². The Morgan fingerprint density at radius 3 is 2.67 bits per heavy atom. The second-order valence-corrected chi connectivity index (χ2v) is 6.54. The van der Waals surface area contributed by atoms with E-state index in [0.717, 1.165) is 35.8 Å². The van der Waals surface area contributed by atoms with Gasteiger partial charge in [-0.1, -0.05) is 32.1 Å². The number of ether oxygens (including phenoxy) is 2. The van der Waals surface area contributed by atoms with E-state index in [1.807, 2.05) is 18.2 Å². The molecule has 0 radical (unpaired) electrons. The first-order valence-electron chi connectivity index (χ1n) is 7.59. The summed E-state index contributed by atoms with van der Waals surface area (Å²) < 4.78 is 11.4. The van der Waals surface area contributed by atoms with Crippen LogP contribution >= 0.6 is 12.2 Å². The molecular weight excluding hydrogens is 282 g/mol. The fourth-order valence-corrected chi connectivity index (χ4v) is 3.06. The van der Waals surface area contributed by atoms with Crippen LogP contribution in [0.4, 0.5) is 0 Å². The maximum absolute atomic E-state index is 6.07. The summed E-state index contributed by atoms with van der Waals surface area (Å²) in [6, 6.07) is 5.88. The van der Waals surface area contributed by atoms with E-state index in [0.29, 0.717) is 23.4 Å². The van der Waals surface area contributed by atoms with Crippen molar-refractivity contribution >= 4 is 17.2 Å². The molecule has 0 bridgehead atoms. The summed E-state index contributed by atoms with van der Waals surface area (Å²) in [6.45, 7) is 5.26. The maximum Gasteiger partial charge on any atom is 0.129 e. The number of rotatable bonds is 5. The van der Waals surface area contributed by atoms with Crippen molar-refractivity contribution in [1.82, 2.24) is 0 Å². The molecule has 3 atom stereocenters. The van der Waals surface area contributed by atoms with Crippen LogP contribution in [0.25, 0.3) is 0 Å². The van der Waals surface area contributed by atoms with Crippen molar-refractivity contribution in [2.24, 2.45) is 17.6 Å². The molecule has 1 aliphatic carbocycles. The molecule has 1 aromatic rings. The second kappa shape index (κ2) is 7.23. The summed E-state index contributed by atoms with van der Waals surface area (Å²) in [5.74, 6) is 2.28. The fraction of sp³-hybridized carbons (Fsp3) is 0.588. The molecular formula is C17H25NO2S. The molecule has 0 aliphatic heterocycles. The van der Waals surface area contributed by atoms with Crippen LogP contribution in [-0.4, -0.2) is 18.2 Å². The maximum atomic E-state index is 6.07. The number of benzene rings is 1. The monoisotopic (exact) mass is 307 g/mol. The molecule has 116 valence electrons. The van der Waals surface area contributed by atoms with Crippen LogP contribution in [0.2, 0.25) is 0 Å². The van der Waals surface area contributed by atoms with Crippen LogP contribution in [0.3, 0.4) is 0 Å². The first-order valence-corrected chi connectivity index (χ1v) is 8.00. The molecule has 0 aromatic heterocycles. The van der Waals surface area contributed by atoms with Gasteiger partial charge in [-0.15, -0.1) is 0 Å². The van der Waals surface area contributed by atoms with E-state index >= 15 is 0 Å². The van der Waals surface area contributed by atoms with Crippen LogP contribution in [0, 0.1) is 11.8 Å². The molecule has 2 rings (SSSR count). The van der Waals surface area contributed by atoms with Gasteiger partial charge >= 0.3 is 0 Å². The van der Waals surface area contributed by atoms with Crippen molar-refractivity contribution in [3.05, 3.63) is 29.3 Å². The van der Waals surface area contributed by atoms with Crippen molar-refractivity contribution in [1.29, 1.82) is 0 Å². The molecule has 0 heterocycles. The minimum atomic E-state index is 0.356. The zero-order valence-electron chi connectivity index (χ0n) is 13.1. The van der Waals surface area contributed by atoms with E-state index in [1.165, 1.54) is 6.42 Å². The topological polar surface area (TPSA) is 44.5 Å². The first kappa shape index (κ1) is 16.2. The Labute approximate surface area is 132 Å². The van der Waals surface area contributed by atoms with Gasteiger partial charge in [0.05, 0.1) is 25.4 Å². The third-order valence-corrected chi connectivity index (χ3v) is 4.79. The molecule has 3 nitrogen and oxygen atoms in total. The smallest absolute Gasteiger partial charge is 0.129 e. The number of hydrogen-bond donors (Lipinski definition) is 1. The minimum absolute atomic E-state index is 0.356. The van der Waals surface area contributed by atoms with Gasteiger partial charge in [-0.05, 0) is 48.8 Å². The molecule has 1 fully saturated rings. The summed E-state index contributed by atoms with van der Waals surface area (Å²) in [6.07, 6.45) is 3.95. The van der Waals surface area contributed by atoms with E-state index in [9.17, 15) is 0 Å².